The lowest BCUT2D eigenvalue weighted by Gasteiger charge is -2.07. The molecule has 0 aliphatic heterocycles. The van der Waals surface area contributed by atoms with Crippen LogP contribution in [-0.2, 0) is 4.79 Å². The van der Waals surface area contributed by atoms with Crippen LogP contribution < -0.4 is 10.2 Å². The van der Waals surface area contributed by atoms with Crippen molar-refractivity contribution in [3.05, 3.63) is 57.0 Å². The maximum atomic E-state index is 11.6. The molecule has 0 bridgehead atoms. The number of rotatable bonds is 5. The van der Waals surface area contributed by atoms with Gasteiger partial charge < -0.3 is 9.84 Å². The highest BCUT2D eigenvalue weighted by molar-refractivity contribution is 9.11. The maximum absolute atomic E-state index is 11.6. The van der Waals surface area contributed by atoms with Gasteiger partial charge >= 0.3 is 0 Å². The quantitative estimate of drug-likeness (QED) is 0.567. The largest absolute Gasteiger partial charge is 0.507 e. The molecule has 0 atom stereocenters. The lowest BCUT2D eigenvalue weighted by atomic mass is 10.2. The zero-order valence-corrected chi connectivity index (χ0v) is 14.5. The van der Waals surface area contributed by atoms with E-state index in [9.17, 15) is 9.90 Å². The lowest BCUT2D eigenvalue weighted by molar-refractivity contribution is -0.123. The number of carbonyl (C=O) groups excluding carboxylic acids is 1. The van der Waals surface area contributed by atoms with Gasteiger partial charge in [-0.15, -0.1) is 0 Å². The molecule has 0 radical (unpaired) electrons. The number of halogens is 2. The minimum atomic E-state index is -0.401. The Bertz CT molecular complexity index is 705. The summed E-state index contributed by atoms with van der Waals surface area (Å²) in [6.07, 6.45) is 1.36. The molecule has 2 aromatic rings. The Morgan fingerprint density at radius 3 is 2.77 bits per heavy atom. The maximum Gasteiger partial charge on any atom is 0.277 e. The van der Waals surface area contributed by atoms with Crippen molar-refractivity contribution in [3.8, 4) is 11.5 Å². The van der Waals surface area contributed by atoms with Crippen LogP contribution in [0.1, 0.15) is 5.56 Å². The first kappa shape index (κ1) is 16.5. The molecule has 22 heavy (non-hydrogen) atoms. The Morgan fingerprint density at radius 2 is 2.05 bits per heavy atom. The summed E-state index contributed by atoms with van der Waals surface area (Å²) in [4.78, 5) is 11.6. The fraction of sp³-hybridized carbons (Fsp3) is 0.0667. The molecule has 0 saturated heterocycles. The molecule has 2 rings (SSSR count). The van der Waals surface area contributed by atoms with Gasteiger partial charge in [-0.25, -0.2) is 5.43 Å². The van der Waals surface area contributed by atoms with E-state index in [1.807, 2.05) is 12.1 Å². The first-order valence-electron chi connectivity index (χ1n) is 6.24. The standard InChI is InChI=1S/C15H12Br2N2O3/c16-11-5-6-14(12(17)7-11)22-9-15(21)19-18-8-10-3-1-2-4-13(10)20/h1-8,20H,9H2,(H,19,21). The molecule has 0 spiro atoms. The number of nitrogens with zero attached hydrogens (tertiary/aromatic N) is 1. The normalized spacial score (nSPS) is 10.6. The SMILES string of the molecule is O=C(COc1ccc(Br)cc1Br)NN=Cc1ccccc1O. The van der Waals surface area contributed by atoms with Crippen molar-refractivity contribution in [2.45, 2.75) is 0 Å². The highest BCUT2D eigenvalue weighted by Crippen LogP contribution is 2.28. The van der Waals surface area contributed by atoms with E-state index in [1.54, 1.807) is 24.3 Å². The van der Waals surface area contributed by atoms with E-state index in [2.05, 4.69) is 42.4 Å². The minimum Gasteiger partial charge on any atom is -0.507 e. The molecule has 0 aliphatic rings. The van der Waals surface area contributed by atoms with Crippen LogP contribution in [-0.4, -0.2) is 23.8 Å². The predicted molar refractivity (Wildman–Crippen MR) is 91.2 cm³/mol. The van der Waals surface area contributed by atoms with Crippen molar-refractivity contribution in [3.63, 3.8) is 0 Å². The third kappa shape index (κ3) is 4.85. The van der Waals surface area contributed by atoms with Gasteiger partial charge in [-0.2, -0.15) is 5.10 Å². The number of benzene rings is 2. The third-order valence-electron chi connectivity index (χ3n) is 2.58. The van der Waals surface area contributed by atoms with E-state index in [0.717, 1.165) is 8.95 Å². The molecule has 0 unspecified atom stereocenters. The Hall–Kier alpha value is -1.86. The number of nitrogens with one attached hydrogen (secondary N) is 1. The van der Waals surface area contributed by atoms with Gasteiger partial charge in [-0.1, -0.05) is 28.1 Å². The number of aromatic hydroxyl groups is 1. The molecule has 0 fully saturated rings. The highest BCUT2D eigenvalue weighted by Gasteiger charge is 2.05. The summed E-state index contributed by atoms with van der Waals surface area (Å²) < 4.78 is 7.03. The first-order chi connectivity index (χ1) is 10.6. The van der Waals surface area contributed by atoms with Crippen molar-refractivity contribution in [1.82, 2.24) is 5.43 Å². The Balaban J connectivity index is 1.84. The third-order valence-corrected chi connectivity index (χ3v) is 3.70. The van der Waals surface area contributed by atoms with Crippen LogP contribution in [0.2, 0.25) is 0 Å². The summed E-state index contributed by atoms with van der Waals surface area (Å²) in [6.45, 7) is -0.168. The molecule has 0 heterocycles. The number of phenolic OH excluding ortho intramolecular Hbond substituents is 1. The number of hydrazone groups is 1. The molecule has 0 aromatic heterocycles. The second-order valence-electron chi connectivity index (χ2n) is 4.22. The lowest BCUT2D eigenvalue weighted by Crippen LogP contribution is -2.24. The van der Waals surface area contributed by atoms with Crippen molar-refractivity contribution < 1.29 is 14.6 Å². The minimum absolute atomic E-state index is 0.0931. The van der Waals surface area contributed by atoms with Crippen LogP contribution in [0.5, 0.6) is 11.5 Å². The monoisotopic (exact) mass is 426 g/mol. The number of hydrogen-bond donors (Lipinski definition) is 2. The molecular formula is C15H12Br2N2O3. The second kappa shape index (κ2) is 7.95. The van der Waals surface area contributed by atoms with Gasteiger partial charge in [-0.3, -0.25) is 4.79 Å². The summed E-state index contributed by atoms with van der Waals surface area (Å²) in [5.74, 6) is 0.250. The Labute approximate surface area is 144 Å². The zero-order chi connectivity index (χ0) is 15.9. The summed E-state index contributed by atoms with van der Waals surface area (Å²) in [5.41, 5.74) is 2.84. The molecule has 1 amide bonds. The summed E-state index contributed by atoms with van der Waals surface area (Å²) in [6, 6.07) is 12.1. The molecule has 7 heteroatoms. The van der Waals surface area contributed by atoms with Gasteiger partial charge in [0.25, 0.3) is 5.91 Å². The van der Waals surface area contributed by atoms with Crippen LogP contribution in [0.25, 0.3) is 0 Å². The molecule has 0 aliphatic carbocycles. The molecule has 0 saturated carbocycles. The Kier molecular flexibility index (Phi) is 5.97. The van der Waals surface area contributed by atoms with Crippen LogP contribution in [0.15, 0.2) is 56.5 Å². The van der Waals surface area contributed by atoms with E-state index in [4.69, 9.17) is 4.74 Å². The molecule has 5 nitrogen and oxygen atoms in total. The van der Waals surface area contributed by atoms with Crippen LogP contribution in [0.4, 0.5) is 0 Å². The van der Waals surface area contributed by atoms with Crippen molar-refractivity contribution in [2.24, 2.45) is 5.10 Å². The first-order valence-corrected chi connectivity index (χ1v) is 7.82. The zero-order valence-electron chi connectivity index (χ0n) is 11.3. The predicted octanol–water partition coefficient (Wildman–Crippen LogP) is 3.45. The second-order valence-corrected chi connectivity index (χ2v) is 5.99. The van der Waals surface area contributed by atoms with E-state index in [1.165, 1.54) is 12.3 Å². The van der Waals surface area contributed by atoms with Gasteiger partial charge in [0.15, 0.2) is 6.61 Å². The summed E-state index contributed by atoms with van der Waals surface area (Å²) in [7, 11) is 0. The van der Waals surface area contributed by atoms with E-state index < -0.39 is 5.91 Å². The van der Waals surface area contributed by atoms with E-state index >= 15 is 0 Å². The molecule has 114 valence electrons. The number of carbonyl (C=O) groups is 1. The average molecular weight is 428 g/mol. The Morgan fingerprint density at radius 1 is 1.27 bits per heavy atom. The summed E-state index contributed by atoms with van der Waals surface area (Å²) >= 11 is 6.68. The number of para-hydroxylation sites is 1. The van der Waals surface area contributed by atoms with E-state index in [-0.39, 0.29) is 12.4 Å². The fourth-order valence-electron chi connectivity index (χ4n) is 1.54. The van der Waals surface area contributed by atoms with Gasteiger partial charge in [0, 0.05) is 10.0 Å². The van der Waals surface area contributed by atoms with Crippen LogP contribution in [0.3, 0.4) is 0 Å². The van der Waals surface area contributed by atoms with Gasteiger partial charge in [-0.05, 0) is 46.3 Å². The van der Waals surface area contributed by atoms with E-state index in [0.29, 0.717) is 11.3 Å². The average Bonchev–Trinajstić information content (AvgIpc) is 2.48. The van der Waals surface area contributed by atoms with Crippen molar-refractivity contribution in [1.29, 1.82) is 0 Å². The van der Waals surface area contributed by atoms with Crippen molar-refractivity contribution >= 4 is 44.0 Å². The molecular weight excluding hydrogens is 416 g/mol. The number of amides is 1. The van der Waals surface area contributed by atoms with Gasteiger partial charge in [0.2, 0.25) is 0 Å². The topological polar surface area (TPSA) is 70.9 Å². The number of ether oxygens (including phenoxy) is 1. The smallest absolute Gasteiger partial charge is 0.277 e. The summed E-state index contributed by atoms with van der Waals surface area (Å²) in [5, 5.41) is 13.3. The van der Waals surface area contributed by atoms with Gasteiger partial charge in [0.05, 0.1) is 10.7 Å². The van der Waals surface area contributed by atoms with Crippen molar-refractivity contribution in [2.75, 3.05) is 6.61 Å². The molecule has 2 aromatic carbocycles. The number of phenols is 1. The van der Waals surface area contributed by atoms with Crippen LogP contribution >= 0.6 is 31.9 Å². The molecule has 2 N–H and O–H groups in total. The van der Waals surface area contributed by atoms with Crippen LogP contribution in [0, 0.1) is 0 Å². The van der Waals surface area contributed by atoms with Gasteiger partial charge in [0.1, 0.15) is 11.5 Å². The number of hydrogen-bond acceptors (Lipinski definition) is 4. The fourth-order valence-corrected chi connectivity index (χ4v) is 2.70. The highest BCUT2D eigenvalue weighted by atomic mass is 79.9.